The molecule has 0 saturated heterocycles. The number of allylic oxidation sites excluding steroid dienone is 2. The Morgan fingerprint density at radius 2 is 1.00 bits per heavy atom. The van der Waals surface area contributed by atoms with Crippen molar-refractivity contribution in [3.05, 3.63) is 24.7 Å². The van der Waals surface area contributed by atoms with Gasteiger partial charge in [-0.2, -0.15) is 0 Å². The number of rotatable bonds is 0. The molecule has 3 heteroatoms. The zero-order valence-electron chi connectivity index (χ0n) is 5.58. The maximum Gasteiger partial charge on any atom is 2.00 e. The van der Waals surface area contributed by atoms with Gasteiger partial charge in [-0.25, -0.2) is 0 Å². The van der Waals surface area contributed by atoms with Crippen LogP contribution in [0.4, 0.5) is 0 Å². The van der Waals surface area contributed by atoms with Gasteiger partial charge in [0.15, 0.2) is 0 Å². The van der Waals surface area contributed by atoms with Crippen LogP contribution < -0.4 is 10.2 Å². The molecule has 0 aromatic carbocycles. The zero-order chi connectivity index (χ0) is 7.15. The molecular formula is C6H10FeO2. The molecule has 0 aliphatic carbocycles. The van der Waals surface area contributed by atoms with Crippen LogP contribution in [-0.4, -0.2) is 0 Å². The van der Waals surface area contributed by atoms with Crippen LogP contribution in [0.1, 0.15) is 13.8 Å². The summed E-state index contributed by atoms with van der Waals surface area (Å²) < 4.78 is 0. The second-order valence-corrected chi connectivity index (χ2v) is 1.40. The van der Waals surface area contributed by atoms with E-state index in [1.165, 1.54) is 13.8 Å². The Morgan fingerprint density at radius 1 is 1.00 bits per heavy atom. The summed E-state index contributed by atoms with van der Waals surface area (Å²) in [6.45, 7) is 8.83. The van der Waals surface area contributed by atoms with E-state index < -0.39 is 0 Å². The van der Waals surface area contributed by atoms with Crippen LogP contribution >= 0.6 is 0 Å². The predicted molar refractivity (Wildman–Crippen MR) is 29.6 cm³/mol. The molecule has 0 aliphatic heterocycles. The van der Waals surface area contributed by atoms with Crippen molar-refractivity contribution in [2.75, 3.05) is 0 Å². The first-order valence-corrected chi connectivity index (χ1v) is 2.12. The summed E-state index contributed by atoms with van der Waals surface area (Å²) in [6, 6.07) is 0. The van der Waals surface area contributed by atoms with Crippen molar-refractivity contribution in [2.24, 2.45) is 0 Å². The first kappa shape index (κ1) is 15.8. The van der Waals surface area contributed by atoms with Crippen molar-refractivity contribution in [2.45, 2.75) is 13.8 Å². The minimum absolute atomic E-state index is 0. The van der Waals surface area contributed by atoms with Crippen LogP contribution in [-0.2, 0) is 17.1 Å². The summed E-state index contributed by atoms with van der Waals surface area (Å²) in [4.78, 5) is 0. The Hall–Kier alpha value is -0.401. The fourth-order valence-electron chi connectivity index (χ4n) is 0. The molecule has 0 unspecified atom stereocenters. The molecule has 0 spiro atoms. The molecule has 9 heavy (non-hydrogen) atoms. The van der Waals surface area contributed by atoms with Gasteiger partial charge < -0.3 is 10.2 Å². The molecule has 0 aliphatic rings. The summed E-state index contributed by atoms with van der Waals surface area (Å²) in [6.07, 6.45) is 0. The van der Waals surface area contributed by atoms with Crippen LogP contribution in [0.2, 0.25) is 0 Å². The van der Waals surface area contributed by atoms with Gasteiger partial charge in [-0.1, -0.05) is 13.8 Å². The van der Waals surface area contributed by atoms with E-state index in [1.807, 2.05) is 0 Å². The van der Waals surface area contributed by atoms with Crippen LogP contribution in [0.5, 0.6) is 0 Å². The first-order valence-electron chi connectivity index (χ1n) is 2.12. The van der Waals surface area contributed by atoms with E-state index in [-0.39, 0.29) is 28.6 Å². The number of hydrogen-bond acceptors (Lipinski definition) is 2. The van der Waals surface area contributed by atoms with Gasteiger partial charge in [-0.05, 0) is 0 Å². The molecule has 0 N–H and O–H groups in total. The number of hydrogen-bond donors (Lipinski definition) is 0. The van der Waals surface area contributed by atoms with E-state index >= 15 is 0 Å². The maximum absolute atomic E-state index is 9.33. The molecule has 0 aromatic rings. The Balaban J connectivity index is -0.0000000720. The third-order valence-corrected chi connectivity index (χ3v) is 0. The monoisotopic (exact) mass is 170 g/mol. The topological polar surface area (TPSA) is 46.1 Å². The summed E-state index contributed by atoms with van der Waals surface area (Å²) in [7, 11) is 0. The van der Waals surface area contributed by atoms with Gasteiger partial charge in [-0.15, -0.1) is 24.7 Å². The van der Waals surface area contributed by atoms with E-state index in [4.69, 9.17) is 0 Å². The average Bonchev–Trinajstić information content (AvgIpc) is 1.25. The fraction of sp³-hybridized carbons (Fsp3) is 0.333. The quantitative estimate of drug-likeness (QED) is 0.372. The molecule has 0 radical (unpaired) electrons. The normalized spacial score (nSPS) is 5.56. The van der Waals surface area contributed by atoms with E-state index in [1.54, 1.807) is 0 Å². The zero-order valence-corrected chi connectivity index (χ0v) is 6.69. The van der Waals surface area contributed by atoms with E-state index in [0.717, 1.165) is 0 Å². The summed E-state index contributed by atoms with van der Waals surface area (Å²) in [5, 5.41) is 18.7. The van der Waals surface area contributed by atoms with Crippen LogP contribution in [0.3, 0.4) is 0 Å². The fourth-order valence-corrected chi connectivity index (χ4v) is 0. The van der Waals surface area contributed by atoms with E-state index in [0.29, 0.717) is 0 Å². The van der Waals surface area contributed by atoms with Crippen LogP contribution in [0.25, 0.3) is 0 Å². The average molecular weight is 170 g/mol. The molecule has 0 heterocycles. The molecule has 0 rings (SSSR count). The standard InChI is InChI=1S/2C3H6O.Fe/c2*1-3(2)4;/h2*4H,1H2,2H3;/q;;+2/p-2. The Morgan fingerprint density at radius 3 is 1.00 bits per heavy atom. The van der Waals surface area contributed by atoms with Crippen molar-refractivity contribution in [1.82, 2.24) is 0 Å². The molecule has 0 aromatic heterocycles. The van der Waals surface area contributed by atoms with Gasteiger partial charge in [0, 0.05) is 0 Å². The molecule has 0 saturated carbocycles. The molecule has 0 fully saturated rings. The van der Waals surface area contributed by atoms with Crippen molar-refractivity contribution in [1.29, 1.82) is 0 Å². The molecule has 54 valence electrons. The maximum atomic E-state index is 9.33. The first-order chi connectivity index (χ1) is 3.46. The Bertz CT molecular complexity index is 69.1. The molecule has 0 atom stereocenters. The van der Waals surface area contributed by atoms with Crippen molar-refractivity contribution in [3.63, 3.8) is 0 Å². The Labute approximate surface area is 66.4 Å². The molecular weight excluding hydrogens is 160 g/mol. The smallest absolute Gasteiger partial charge is 0.876 e. The second-order valence-electron chi connectivity index (χ2n) is 1.40. The predicted octanol–water partition coefficient (Wildman–Crippen LogP) is -0.242. The SMILES string of the molecule is C=C(C)[O-].C=C(C)[O-].[Fe+2]. The van der Waals surface area contributed by atoms with Gasteiger partial charge >= 0.3 is 17.1 Å². The van der Waals surface area contributed by atoms with Crippen LogP contribution in [0.15, 0.2) is 24.7 Å². The van der Waals surface area contributed by atoms with Crippen molar-refractivity contribution in [3.8, 4) is 0 Å². The Kier molecular flexibility index (Phi) is 18.6. The van der Waals surface area contributed by atoms with Gasteiger partial charge in [-0.3, -0.25) is 0 Å². The van der Waals surface area contributed by atoms with E-state index in [9.17, 15) is 10.2 Å². The third-order valence-electron chi connectivity index (χ3n) is 0. The third kappa shape index (κ3) is 1490. The summed E-state index contributed by atoms with van der Waals surface area (Å²) in [5.41, 5.74) is 0. The summed E-state index contributed by atoms with van der Waals surface area (Å²) in [5.74, 6) is -0.167. The summed E-state index contributed by atoms with van der Waals surface area (Å²) >= 11 is 0. The molecule has 0 bridgehead atoms. The minimum Gasteiger partial charge on any atom is -0.876 e. The van der Waals surface area contributed by atoms with Crippen molar-refractivity contribution >= 4 is 0 Å². The molecule has 2 nitrogen and oxygen atoms in total. The van der Waals surface area contributed by atoms with E-state index in [2.05, 4.69) is 13.2 Å². The minimum atomic E-state index is -0.0833. The van der Waals surface area contributed by atoms with Crippen LogP contribution in [0, 0.1) is 0 Å². The largest absolute Gasteiger partial charge is 2.00 e. The second kappa shape index (κ2) is 10.6. The van der Waals surface area contributed by atoms with Gasteiger partial charge in [0.25, 0.3) is 0 Å². The van der Waals surface area contributed by atoms with Gasteiger partial charge in [0.1, 0.15) is 0 Å². The molecule has 0 amide bonds. The van der Waals surface area contributed by atoms with Crippen molar-refractivity contribution < 1.29 is 27.3 Å². The van der Waals surface area contributed by atoms with Gasteiger partial charge in [0.2, 0.25) is 0 Å². The van der Waals surface area contributed by atoms with Gasteiger partial charge in [0.05, 0.1) is 0 Å².